The number of hydrogen-bond donors (Lipinski definition) is 1. The lowest BCUT2D eigenvalue weighted by Gasteiger charge is -2.02. The molecular formula is C9H12BrN3O. The summed E-state index contributed by atoms with van der Waals surface area (Å²) < 4.78 is 0. The van der Waals surface area contributed by atoms with Crippen LogP contribution in [0.4, 0.5) is 0 Å². The second-order valence-corrected chi connectivity index (χ2v) is 3.66. The summed E-state index contributed by atoms with van der Waals surface area (Å²) >= 11 is 3.20. The maximum atomic E-state index is 11.1. The van der Waals surface area contributed by atoms with E-state index in [1.165, 1.54) is 0 Å². The van der Waals surface area contributed by atoms with E-state index in [1.807, 2.05) is 6.92 Å². The van der Waals surface area contributed by atoms with Crippen LogP contribution in [0.3, 0.4) is 0 Å². The molecule has 1 heterocycles. The Morgan fingerprint density at radius 3 is 2.86 bits per heavy atom. The first-order valence-corrected chi connectivity index (χ1v) is 5.44. The zero-order valence-corrected chi connectivity index (χ0v) is 9.54. The number of hydrogen-bond acceptors (Lipinski definition) is 3. The van der Waals surface area contributed by atoms with Gasteiger partial charge in [-0.05, 0) is 6.92 Å². The topological polar surface area (TPSA) is 54.9 Å². The van der Waals surface area contributed by atoms with Gasteiger partial charge in [0.25, 0.3) is 0 Å². The van der Waals surface area contributed by atoms with Crippen LogP contribution in [0.25, 0.3) is 0 Å². The number of aryl methyl sites for hydroxylation is 1. The van der Waals surface area contributed by atoms with Crippen molar-refractivity contribution >= 4 is 21.8 Å². The minimum Gasteiger partial charge on any atom is -0.350 e. The molecule has 0 unspecified atom stereocenters. The summed E-state index contributed by atoms with van der Waals surface area (Å²) in [5, 5.41) is 3.43. The molecule has 0 aliphatic carbocycles. The van der Waals surface area contributed by atoms with Crippen LogP contribution in [0, 0.1) is 6.92 Å². The number of halogens is 1. The molecule has 14 heavy (non-hydrogen) atoms. The minimum atomic E-state index is 0.0178. The van der Waals surface area contributed by atoms with Gasteiger partial charge in [-0.3, -0.25) is 14.8 Å². The quantitative estimate of drug-likeness (QED) is 0.825. The number of carbonyl (C=O) groups excluding carboxylic acids is 1. The molecule has 0 aliphatic rings. The Hall–Kier alpha value is -0.970. The molecule has 76 valence electrons. The summed E-state index contributed by atoms with van der Waals surface area (Å²) in [5.74, 6) is 0.0178. The normalized spacial score (nSPS) is 9.86. The van der Waals surface area contributed by atoms with Gasteiger partial charge in [-0.2, -0.15) is 0 Å². The van der Waals surface area contributed by atoms with E-state index < -0.39 is 0 Å². The SMILES string of the molecule is Cc1cnc(CNC(=O)CCBr)cn1. The van der Waals surface area contributed by atoms with Crippen molar-refractivity contribution in [2.24, 2.45) is 0 Å². The Kier molecular flexibility index (Phi) is 4.52. The number of aromatic nitrogens is 2. The van der Waals surface area contributed by atoms with Gasteiger partial charge in [0.1, 0.15) is 0 Å². The molecule has 0 atom stereocenters. The van der Waals surface area contributed by atoms with Crippen molar-refractivity contribution in [3.8, 4) is 0 Å². The van der Waals surface area contributed by atoms with E-state index in [0.717, 1.165) is 11.4 Å². The van der Waals surface area contributed by atoms with Gasteiger partial charge in [0.05, 0.1) is 24.1 Å². The molecule has 0 bridgehead atoms. The molecule has 1 aromatic heterocycles. The van der Waals surface area contributed by atoms with Crippen LogP contribution in [0.5, 0.6) is 0 Å². The van der Waals surface area contributed by atoms with Gasteiger partial charge >= 0.3 is 0 Å². The third-order valence-corrected chi connectivity index (χ3v) is 2.02. The van der Waals surface area contributed by atoms with E-state index in [2.05, 4.69) is 31.2 Å². The number of amides is 1. The number of nitrogens with one attached hydrogen (secondary N) is 1. The number of carbonyl (C=O) groups is 1. The van der Waals surface area contributed by atoms with Crippen molar-refractivity contribution in [3.05, 3.63) is 23.8 Å². The highest BCUT2D eigenvalue weighted by Crippen LogP contribution is 1.94. The van der Waals surface area contributed by atoms with E-state index in [1.54, 1.807) is 12.4 Å². The number of nitrogens with zero attached hydrogens (tertiary/aromatic N) is 2. The maximum absolute atomic E-state index is 11.1. The van der Waals surface area contributed by atoms with Crippen LogP contribution in [0.1, 0.15) is 17.8 Å². The first kappa shape index (κ1) is 11.1. The molecule has 1 amide bonds. The van der Waals surface area contributed by atoms with Crippen molar-refractivity contribution in [1.29, 1.82) is 0 Å². The summed E-state index contributed by atoms with van der Waals surface area (Å²) in [6, 6.07) is 0. The first-order chi connectivity index (χ1) is 6.72. The average Bonchev–Trinajstić information content (AvgIpc) is 2.17. The molecule has 1 N–H and O–H groups in total. The summed E-state index contributed by atoms with van der Waals surface area (Å²) in [5.41, 5.74) is 1.65. The Labute approximate surface area is 91.3 Å². The second kappa shape index (κ2) is 5.70. The predicted molar refractivity (Wildman–Crippen MR) is 57.0 cm³/mol. The predicted octanol–water partition coefficient (Wildman–Crippen LogP) is 1.19. The van der Waals surface area contributed by atoms with E-state index >= 15 is 0 Å². The minimum absolute atomic E-state index is 0.0178. The monoisotopic (exact) mass is 257 g/mol. The van der Waals surface area contributed by atoms with E-state index in [4.69, 9.17) is 0 Å². The lowest BCUT2D eigenvalue weighted by atomic mass is 10.4. The van der Waals surface area contributed by atoms with Gasteiger partial charge in [-0.25, -0.2) is 0 Å². The zero-order chi connectivity index (χ0) is 10.4. The van der Waals surface area contributed by atoms with Crippen molar-refractivity contribution in [3.63, 3.8) is 0 Å². The maximum Gasteiger partial charge on any atom is 0.221 e. The average molecular weight is 258 g/mol. The molecule has 0 spiro atoms. The van der Waals surface area contributed by atoms with Gasteiger partial charge in [0.15, 0.2) is 0 Å². The fourth-order valence-electron chi connectivity index (χ4n) is 0.874. The fraction of sp³-hybridized carbons (Fsp3) is 0.444. The number of alkyl halides is 1. The molecular weight excluding hydrogens is 246 g/mol. The van der Waals surface area contributed by atoms with Gasteiger partial charge < -0.3 is 5.32 Å². The Morgan fingerprint density at radius 1 is 1.50 bits per heavy atom. The second-order valence-electron chi connectivity index (χ2n) is 2.86. The molecule has 0 saturated heterocycles. The van der Waals surface area contributed by atoms with E-state index in [0.29, 0.717) is 18.3 Å². The molecule has 1 aromatic rings. The van der Waals surface area contributed by atoms with Crippen LogP contribution >= 0.6 is 15.9 Å². The van der Waals surface area contributed by atoms with Crippen molar-refractivity contribution in [1.82, 2.24) is 15.3 Å². The summed E-state index contributed by atoms with van der Waals surface area (Å²) in [6.45, 7) is 2.32. The standard InChI is InChI=1S/C9H12BrN3O/c1-7-4-12-8(5-11-7)6-13-9(14)2-3-10/h4-5H,2-3,6H2,1H3,(H,13,14). The van der Waals surface area contributed by atoms with Crippen LogP contribution in [0.15, 0.2) is 12.4 Å². The van der Waals surface area contributed by atoms with E-state index in [9.17, 15) is 4.79 Å². The van der Waals surface area contributed by atoms with Crippen molar-refractivity contribution < 1.29 is 4.79 Å². The highest BCUT2D eigenvalue weighted by Gasteiger charge is 2.00. The van der Waals surface area contributed by atoms with Crippen LogP contribution in [0.2, 0.25) is 0 Å². The highest BCUT2D eigenvalue weighted by molar-refractivity contribution is 9.09. The largest absolute Gasteiger partial charge is 0.350 e. The summed E-state index contributed by atoms with van der Waals surface area (Å²) in [7, 11) is 0. The van der Waals surface area contributed by atoms with Crippen LogP contribution in [-0.4, -0.2) is 21.2 Å². The van der Waals surface area contributed by atoms with Crippen molar-refractivity contribution in [2.75, 3.05) is 5.33 Å². The molecule has 0 aliphatic heterocycles. The Bertz CT molecular complexity index is 299. The van der Waals surface area contributed by atoms with E-state index in [-0.39, 0.29) is 5.91 Å². The highest BCUT2D eigenvalue weighted by atomic mass is 79.9. The Morgan fingerprint density at radius 2 is 2.29 bits per heavy atom. The lowest BCUT2D eigenvalue weighted by Crippen LogP contribution is -2.23. The molecule has 4 nitrogen and oxygen atoms in total. The number of rotatable bonds is 4. The van der Waals surface area contributed by atoms with Gasteiger partial charge in [-0.15, -0.1) is 0 Å². The van der Waals surface area contributed by atoms with Gasteiger partial charge in [0.2, 0.25) is 5.91 Å². The summed E-state index contributed by atoms with van der Waals surface area (Å²) in [6.07, 6.45) is 3.84. The molecule has 0 radical (unpaired) electrons. The van der Waals surface area contributed by atoms with Gasteiger partial charge in [0, 0.05) is 17.9 Å². The first-order valence-electron chi connectivity index (χ1n) is 4.32. The molecule has 0 saturated carbocycles. The summed E-state index contributed by atoms with van der Waals surface area (Å²) in [4.78, 5) is 19.3. The van der Waals surface area contributed by atoms with Crippen LogP contribution < -0.4 is 5.32 Å². The molecule has 1 rings (SSSR count). The third kappa shape index (κ3) is 3.83. The van der Waals surface area contributed by atoms with Crippen molar-refractivity contribution in [2.45, 2.75) is 19.9 Å². The molecule has 0 aromatic carbocycles. The molecule has 0 fully saturated rings. The zero-order valence-electron chi connectivity index (χ0n) is 7.96. The third-order valence-electron chi connectivity index (χ3n) is 1.62. The fourth-order valence-corrected chi connectivity index (χ4v) is 1.23. The van der Waals surface area contributed by atoms with Gasteiger partial charge in [-0.1, -0.05) is 15.9 Å². The Balaban J connectivity index is 2.38. The van der Waals surface area contributed by atoms with Crippen LogP contribution in [-0.2, 0) is 11.3 Å². The lowest BCUT2D eigenvalue weighted by molar-refractivity contribution is -0.120. The smallest absolute Gasteiger partial charge is 0.221 e. The molecule has 5 heteroatoms.